The van der Waals surface area contributed by atoms with Crippen LogP contribution >= 0.6 is 38.9 Å². The highest BCUT2D eigenvalue weighted by molar-refractivity contribution is 8.24. The Hall–Kier alpha value is -11.0. The van der Waals surface area contributed by atoms with E-state index in [1.165, 1.54) is 76.0 Å². The first kappa shape index (κ1) is 83.5. The van der Waals surface area contributed by atoms with E-state index in [0.29, 0.717) is 69.8 Å². The number of nitrogen functional groups attached to an aromatic ring is 1. The number of rotatable bonds is 12. The normalized spacial score (nSPS) is 14.4. The van der Waals surface area contributed by atoms with Gasteiger partial charge in [0.1, 0.15) is 18.1 Å². The molecule has 0 fully saturated rings. The van der Waals surface area contributed by atoms with E-state index in [-0.39, 0.29) is 30.7 Å². The van der Waals surface area contributed by atoms with Crippen molar-refractivity contribution in [3.05, 3.63) is 272 Å². The largest absolute Gasteiger partial charge is 0.469 e. The van der Waals surface area contributed by atoms with Crippen molar-refractivity contribution in [2.75, 3.05) is 18.2 Å². The number of hydrogen-bond acceptors (Lipinski definition) is 18. The van der Waals surface area contributed by atoms with Gasteiger partial charge in [0.25, 0.3) is 11.1 Å². The number of ether oxygens (including phenoxy) is 1. The minimum Gasteiger partial charge on any atom is -0.469 e. The maximum absolute atomic E-state index is 12.1. The Bertz CT molecular complexity index is 5470. The molecule has 0 radical (unpaired) electrons. The average molecular weight is 1590 g/mol. The monoisotopic (exact) mass is 1590 g/mol. The van der Waals surface area contributed by atoms with Crippen molar-refractivity contribution >= 4 is 90.4 Å². The number of benzene rings is 2. The highest BCUT2D eigenvalue weighted by atomic mass is 36.0. The number of halogens is 3. The lowest BCUT2D eigenvalue weighted by Gasteiger charge is -2.26. The molecule has 4 aliphatic carbocycles. The molecule has 0 aliphatic heterocycles. The second-order valence-electron chi connectivity index (χ2n) is 28.4. The van der Waals surface area contributed by atoms with E-state index in [2.05, 4.69) is 210 Å². The molecule has 11 aromatic heterocycles. The van der Waals surface area contributed by atoms with Crippen molar-refractivity contribution < 1.29 is 18.9 Å². The van der Waals surface area contributed by atoms with Gasteiger partial charge in [0, 0.05) is 137 Å². The van der Waals surface area contributed by atoms with Gasteiger partial charge in [-0.1, -0.05) is 122 Å². The van der Waals surface area contributed by atoms with E-state index >= 15 is 0 Å². The minimum atomic E-state index is -3.22. The lowest BCUT2D eigenvalue weighted by molar-refractivity contribution is -0.139. The summed E-state index contributed by atoms with van der Waals surface area (Å²) in [6.07, 6.45) is 29.8. The number of esters is 1. The molecule has 0 saturated carbocycles. The van der Waals surface area contributed by atoms with Gasteiger partial charge in [-0.05, 0) is 191 Å². The molecule has 112 heavy (non-hydrogen) atoms. The highest BCUT2D eigenvalue weighted by Gasteiger charge is 2.30. The van der Waals surface area contributed by atoms with Crippen LogP contribution < -0.4 is 27.9 Å². The smallest absolute Gasteiger partial charge is 0.339 e. The Balaban J connectivity index is 0.000000147. The molecule has 0 amide bonds. The molecular formula is C84H94Cl3N18O6P. The van der Waals surface area contributed by atoms with Crippen LogP contribution in [0.1, 0.15) is 186 Å². The lowest BCUT2D eigenvalue weighted by atomic mass is 9.88. The van der Waals surface area contributed by atoms with Crippen LogP contribution in [0.3, 0.4) is 0 Å². The van der Waals surface area contributed by atoms with Gasteiger partial charge >= 0.3 is 11.2 Å². The number of nitrogens with two attached hydrogens (primary N) is 2. The van der Waals surface area contributed by atoms with Gasteiger partial charge < -0.3 is 21.5 Å². The van der Waals surface area contributed by atoms with Crippen molar-refractivity contribution in [3.63, 3.8) is 0 Å². The number of Topliss-reactive ketones (excluding diaryl/α,β-unsaturated/α-hetero) is 1. The van der Waals surface area contributed by atoms with E-state index in [0.717, 1.165) is 88.2 Å². The third-order valence-electron chi connectivity index (χ3n) is 19.4. The molecule has 8 N–H and O–H groups in total. The molecule has 2 atom stereocenters. The predicted octanol–water partition coefficient (Wildman–Crippen LogP) is 18.2. The number of hydrogen-bond donors (Lipinski definition) is 6. The number of pyridine rings is 4. The van der Waals surface area contributed by atoms with Crippen molar-refractivity contribution in [2.45, 2.75) is 156 Å². The zero-order valence-electron chi connectivity index (χ0n) is 63.3. The molecule has 0 bridgehead atoms. The quantitative estimate of drug-likeness (QED) is 0.0286. The van der Waals surface area contributed by atoms with E-state index in [9.17, 15) is 23.7 Å². The number of nitrogens with one attached hydrogen (secondary N) is 4. The van der Waals surface area contributed by atoms with Crippen molar-refractivity contribution in [2.24, 2.45) is 5.73 Å². The second kappa shape index (κ2) is 38.3. The molecular weight excluding hydrogens is 1490 g/mol. The number of fused-ring (bicyclic) bond motifs is 7. The highest BCUT2D eigenvalue weighted by Crippen LogP contribution is 2.61. The van der Waals surface area contributed by atoms with Crippen molar-refractivity contribution in [1.29, 1.82) is 0 Å². The first-order valence-corrected chi connectivity index (χ1v) is 41.1. The third-order valence-corrected chi connectivity index (χ3v) is 19.4. The van der Waals surface area contributed by atoms with Crippen molar-refractivity contribution in [3.8, 4) is 33.8 Å². The van der Waals surface area contributed by atoms with Crippen LogP contribution in [0.5, 0.6) is 0 Å². The molecule has 0 saturated heterocycles. The van der Waals surface area contributed by atoms with Gasteiger partial charge in [-0.15, -0.1) is 0 Å². The number of carbonyl (C=O) groups is 2. The third kappa shape index (κ3) is 21.2. The summed E-state index contributed by atoms with van der Waals surface area (Å²) in [4.78, 5) is 76.5. The summed E-state index contributed by atoms with van der Waals surface area (Å²) < 4.78 is 18.8. The SMILES string of the molecule is C.CC(C)c1c[nH]n2c(=O)cc(-c3cccnc3)nc12.CC(C)c1c[nH]n2c(=O)cc(-c3cccnc3)nc12.CC(C)c1cn[nH]c1N.CC(C)c1cnn2c(N[C@@H]3CCC4=C(C3)c3ccccc3C4)cc(-c3cccnc3)nc12.COC(=O)CC(=O)c1cccnc1.N[C@@H]1CCC2=C(C1)c1ccccc1C2.O=P(Cl)(Cl)Cl. The van der Waals surface area contributed by atoms with Crippen LogP contribution in [0, 0.1) is 0 Å². The van der Waals surface area contributed by atoms with Crippen LogP contribution in [0.15, 0.2) is 210 Å². The standard InChI is InChI=1S/C27H27N5.2C14H14N4O.C13H15N.C9H9NO3.C6H11N3.CH4.Cl3OP/c1-17(2)24-16-29-32-26(14-25(31-27(24)32)20-7-5-11-28-15-20)30-21-10-9-19-12-18-6-3-4-8-22(18)23(19)13-21;2*1-9(2)11-8-16-18-13(19)6-12(17-14(11)18)10-4-3-5-15-7-10;14-11-6-5-10-7-9-3-1-2-4-12(9)13(10)8-11;1-13-9(12)5-8(11)7-3-2-4-10-6-7;1-4(2)5-3-8-9-6(5)7;;1-5(2,3)4/h3-8,11,14-17,21,30H,9-10,12-13H2,1-2H3;2*3-9,16H,1-2H3;1-4,11H,5-8,14H2;2-4,6H,5H2,1H3;3-4H,1-2H3,(H3,7,8,9);1H4;/t21-;;;11-;;;;/m1..1..../s1. The molecule has 13 aromatic rings. The van der Waals surface area contributed by atoms with E-state index in [1.54, 1.807) is 77.8 Å². The van der Waals surface area contributed by atoms with Crippen LogP contribution in [0.25, 0.3) is 61.9 Å². The fourth-order valence-corrected chi connectivity index (χ4v) is 13.7. The van der Waals surface area contributed by atoms with E-state index in [1.807, 2.05) is 59.6 Å². The zero-order valence-corrected chi connectivity index (χ0v) is 66.4. The van der Waals surface area contributed by atoms with Crippen LogP contribution in [-0.2, 0) is 26.9 Å². The molecule has 0 spiro atoms. The summed E-state index contributed by atoms with van der Waals surface area (Å²) >= 11 is 13.8. The first-order valence-electron chi connectivity index (χ1n) is 36.7. The lowest BCUT2D eigenvalue weighted by Crippen LogP contribution is -2.24. The molecule has 17 rings (SSSR count). The number of ketones is 1. The molecule has 4 aliphatic rings. The first-order chi connectivity index (χ1) is 53.3. The number of carbonyl (C=O) groups excluding carboxylic acids is 2. The Morgan fingerprint density at radius 1 is 0.580 bits per heavy atom. The number of allylic oxidation sites excluding steroid dienone is 2. The number of nitrogens with zero attached hydrogens (tertiary/aromatic N) is 12. The summed E-state index contributed by atoms with van der Waals surface area (Å²) in [6.45, 7) is 16.9. The number of H-pyrrole nitrogens is 3. The molecule has 0 unspecified atom stereocenters. The van der Waals surface area contributed by atoms with Crippen LogP contribution in [0.2, 0.25) is 0 Å². The van der Waals surface area contributed by atoms with Crippen LogP contribution in [0.4, 0.5) is 11.6 Å². The average Bonchev–Trinajstić information content (AvgIpc) is 1.62. The van der Waals surface area contributed by atoms with E-state index < -0.39 is 11.2 Å². The fraction of sp³-hybridized carbons (Fsp3) is 0.298. The molecule has 11 heterocycles. The van der Waals surface area contributed by atoms with Gasteiger partial charge in [0.15, 0.2) is 22.7 Å². The van der Waals surface area contributed by atoms with Gasteiger partial charge in [-0.2, -0.15) is 14.7 Å². The van der Waals surface area contributed by atoms with Gasteiger partial charge in [-0.3, -0.25) is 59.0 Å². The Labute approximate surface area is 664 Å². The summed E-state index contributed by atoms with van der Waals surface area (Å²) in [5.74, 6) is 2.30. The summed E-state index contributed by atoms with van der Waals surface area (Å²) in [5.41, 5.74) is 35.6. The summed E-state index contributed by atoms with van der Waals surface area (Å²) in [5, 5.41) is 17.7. The zero-order chi connectivity index (χ0) is 79.0. The van der Waals surface area contributed by atoms with Gasteiger partial charge in [-0.25, -0.2) is 24.0 Å². The van der Waals surface area contributed by atoms with Gasteiger partial charge in [0.2, 0.25) is 0 Å². The fourth-order valence-electron chi connectivity index (χ4n) is 13.7. The Morgan fingerprint density at radius 2 is 1.04 bits per heavy atom. The van der Waals surface area contributed by atoms with Gasteiger partial charge in [0.05, 0.1) is 36.6 Å². The van der Waals surface area contributed by atoms with E-state index in [4.69, 9.17) is 21.5 Å². The number of aromatic nitrogens is 15. The Kier molecular flexibility index (Phi) is 28.5. The molecule has 2 aromatic carbocycles. The number of anilines is 2. The maximum Gasteiger partial charge on any atom is 0.339 e. The predicted molar refractivity (Wildman–Crippen MR) is 448 cm³/mol. The molecule has 28 heteroatoms. The minimum absolute atomic E-state index is 0. The maximum atomic E-state index is 12.1. The topological polar surface area (TPSA) is 335 Å². The van der Waals surface area contributed by atoms with Crippen molar-refractivity contribution in [1.82, 2.24) is 73.9 Å². The molecule has 582 valence electrons. The summed E-state index contributed by atoms with van der Waals surface area (Å²) in [6, 6.07) is 38.3. The van der Waals surface area contributed by atoms with Crippen LogP contribution in [-0.4, -0.2) is 105 Å². The number of aromatic amines is 3. The Morgan fingerprint density at radius 3 is 1.47 bits per heavy atom. The molecule has 24 nitrogen and oxygen atoms in total. The summed E-state index contributed by atoms with van der Waals surface area (Å²) in [7, 11) is 1.25. The number of methoxy groups -OCH3 is 1. The second-order valence-corrected chi connectivity index (χ2v) is 35.1.